The first kappa shape index (κ1) is 23.5. The van der Waals surface area contributed by atoms with E-state index in [0.29, 0.717) is 35.5 Å². The first-order valence-electron chi connectivity index (χ1n) is 11.3. The number of hydrogen-bond donors (Lipinski definition) is 1. The van der Waals surface area contributed by atoms with Crippen LogP contribution in [0.25, 0.3) is 0 Å². The molecule has 178 valence electrons. The second kappa shape index (κ2) is 9.33. The first-order chi connectivity index (χ1) is 16.2. The lowest BCUT2D eigenvalue weighted by molar-refractivity contribution is -0.139. The maximum atomic E-state index is 13.4. The summed E-state index contributed by atoms with van der Waals surface area (Å²) in [5.74, 6) is -0.953. The van der Waals surface area contributed by atoms with Gasteiger partial charge in [0.15, 0.2) is 5.78 Å². The molecule has 6 nitrogen and oxygen atoms in total. The summed E-state index contributed by atoms with van der Waals surface area (Å²) in [5.41, 5.74) is 7.84. The highest BCUT2D eigenvalue weighted by atomic mass is 19.1. The van der Waals surface area contributed by atoms with E-state index < -0.39 is 11.9 Å². The average Bonchev–Trinajstić information content (AvgIpc) is 2.77. The molecule has 34 heavy (non-hydrogen) atoms. The summed E-state index contributed by atoms with van der Waals surface area (Å²) in [6.45, 7) is 6.02. The Bertz CT molecular complexity index is 1180. The number of halogens is 1. The van der Waals surface area contributed by atoms with Gasteiger partial charge in [-0.2, -0.15) is 0 Å². The van der Waals surface area contributed by atoms with Crippen LogP contribution in [-0.4, -0.2) is 18.4 Å². The molecule has 1 aliphatic heterocycles. The molecule has 1 heterocycles. The van der Waals surface area contributed by atoms with Crippen LogP contribution in [0.5, 0.6) is 5.75 Å². The SMILES string of the molecule is CCOC(=O)C1=C(N)OC2=C(C(=O)CC(C)(C)C2)C1c1ccccc1OCc1ccc(F)cc1. The van der Waals surface area contributed by atoms with Crippen LogP contribution in [0.3, 0.4) is 0 Å². The Morgan fingerprint density at radius 2 is 1.85 bits per heavy atom. The molecule has 0 amide bonds. The monoisotopic (exact) mass is 465 g/mol. The van der Waals surface area contributed by atoms with Crippen molar-refractivity contribution in [3.63, 3.8) is 0 Å². The van der Waals surface area contributed by atoms with E-state index in [2.05, 4.69) is 0 Å². The molecule has 1 atom stereocenters. The lowest BCUT2D eigenvalue weighted by Gasteiger charge is -2.38. The van der Waals surface area contributed by atoms with Crippen LogP contribution >= 0.6 is 0 Å². The van der Waals surface area contributed by atoms with E-state index in [1.54, 1.807) is 37.3 Å². The lowest BCUT2D eigenvalue weighted by Crippen LogP contribution is -2.35. The molecule has 0 fully saturated rings. The molecule has 4 rings (SSSR count). The van der Waals surface area contributed by atoms with Gasteiger partial charge in [0.2, 0.25) is 5.88 Å². The molecule has 7 heteroatoms. The average molecular weight is 466 g/mol. The minimum atomic E-state index is -0.782. The van der Waals surface area contributed by atoms with Crippen molar-refractivity contribution in [1.29, 1.82) is 0 Å². The van der Waals surface area contributed by atoms with Gasteiger partial charge in [-0.15, -0.1) is 0 Å². The molecule has 0 bridgehead atoms. The Labute approximate surface area is 198 Å². The Balaban J connectivity index is 1.79. The molecule has 2 aromatic carbocycles. The van der Waals surface area contributed by atoms with E-state index in [0.717, 1.165) is 5.56 Å². The predicted octanol–water partition coefficient (Wildman–Crippen LogP) is 4.90. The summed E-state index contributed by atoms with van der Waals surface area (Å²) in [5, 5.41) is 0. The number of carbonyl (C=O) groups excluding carboxylic acids is 2. The number of allylic oxidation sites excluding steroid dienone is 2. The van der Waals surface area contributed by atoms with Crippen molar-refractivity contribution >= 4 is 11.8 Å². The number of para-hydroxylation sites is 1. The van der Waals surface area contributed by atoms with Gasteiger partial charge < -0.3 is 19.9 Å². The molecule has 1 aliphatic carbocycles. The molecule has 0 aromatic heterocycles. The molecular weight excluding hydrogens is 437 g/mol. The fraction of sp³-hybridized carbons (Fsp3) is 0.333. The van der Waals surface area contributed by atoms with Gasteiger partial charge in [0.1, 0.15) is 29.5 Å². The third-order valence-corrected chi connectivity index (χ3v) is 5.99. The van der Waals surface area contributed by atoms with Crippen molar-refractivity contribution in [2.75, 3.05) is 6.61 Å². The number of rotatable bonds is 6. The number of ether oxygens (including phenoxy) is 3. The molecule has 2 aromatic rings. The van der Waals surface area contributed by atoms with E-state index in [-0.39, 0.29) is 41.7 Å². The van der Waals surface area contributed by atoms with Gasteiger partial charge in [0, 0.05) is 24.0 Å². The number of esters is 1. The topological polar surface area (TPSA) is 87.9 Å². The lowest BCUT2D eigenvalue weighted by atomic mass is 9.70. The number of Topliss-reactive ketones (excluding diaryl/α,β-unsaturated/α-hetero) is 1. The fourth-order valence-corrected chi connectivity index (χ4v) is 4.50. The Morgan fingerprint density at radius 3 is 2.56 bits per heavy atom. The minimum absolute atomic E-state index is 0.0685. The number of hydrogen-bond acceptors (Lipinski definition) is 6. The van der Waals surface area contributed by atoms with Crippen molar-refractivity contribution < 1.29 is 28.2 Å². The zero-order chi connectivity index (χ0) is 24.5. The second-order valence-electron chi connectivity index (χ2n) is 9.26. The highest BCUT2D eigenvalue weighted by Gasteiger charge is 2.45. The van der Waals surface area contributed by atoms with Crippen LogP contribution < -0.4 is 10.5 Å². The van der Waals surface area contributed by atoms with Crippen molar-refractivity contribution in [3.05, 3.63) is 88.3 Å². The summed E-state index contributed by atoms with van der Waals surface area (Å²) >= 11 is 0. The third kappa shape index (κ3) is 4.69. The normalized spacial score (nSPS) is 19.4. The van der Waals surface area contributed by atoms with Crippen LogP contribution in [-0.2, 0) is 25.7 Å². The molecule has 1 unspecified atom stereocenters. The molecule has 0 radical (unpaired) electrons. The first-order valence-corrected chi connectivity index (χ1v) is 11.3. The highest BCUT2D eigenvalue weighted by molar-refractivity contribution is 6.03. The molecule has 0 saturated heterocycles. The zero-order valence-corrected chi connectivity index (χ0v) is 19.5. The summed E-state index contributed by atoms with van der Waals surface area (Å²) in [7, 11) is 0. The van der Waals surface area contributed by atoms with Crippen LogP contribution in [0.2, 0.25) is 0 Å². The van der Waals surface area contributed by atoms with Gasteiger partial charge >= 0.3 is 5.97 Å². The van der Waals surface area contributed by atoms with Gasteiger partial charge in [-0.25, -0.2) is 9.18 Å². The van der Waals surface area contributed by atoms with Gasteiger partial charge in [0.25, 0.3) is 0 Å². The molecular formula is C27H28FNO5. The zero-order valence-electron chi connectivity index (χ0n) is 19.5. The smallest absolute Gasteiger partial charge is 0.340 e. The largest absolute Gasteiger partial charge is 0.489 e. The van der Waals surface area contributed by atoms with E-state index in [1.165, 1.54) is 12.1 Å². The van der Waals surface area contributed by atoms with E-state index in [4.69, 9.17) is 19.9 Å². The standard InChI is InChI=1S/C27H28FNO5/c1-4-32-26(31)24-22(23-19(30)13-27(2,3)14-21(23)34-25(24)29)18-7-5-6-8-20(18)33-15-16-9-11-17(28)12-10-16/h5-12,22H,4,13-15,29H2,1-3H3. The van der Waals surface area contributed by atoms with E-state index in [1.807, 2.05) is 19.9 Å². The van der Waals surface area contributed by atoms with Gasteiger partial charge in [0.05, 0.1) is 12.5 Å². The van der Waals surface area contributed by atoms with Crippen molar-refractivity contribution in [1.82, 2.24) is 0 Å². The number of ketones is 1. The molecule has 2 N–H and O–H groups in total. The summed E-state index contributed by atoms with van der Waals surface area (Å²) in [4.78, 5) is 26.3. The fourth-order valence-electron chi connectivity index (χ4n) is 4.50. The maximum absolute atomic E-state index is 13.4. The summed E-state index contributed by atoms with van der Waals surface area (Å²) < 4.78 is 30.5. The Hall–Kier alpha value is -3.61. The Morgan fingerprint density at radius 1 is 1.15 bits per heavy atom. The summed E-state index contributed by atoms with van der Waals surface area (Å²) in [6, 6.07) is 13.2. The quantitative estimate of drug-likeness (QED) is 0.611. The molecule has 2 aliphatic rings. The van der Waals surface area contributed by atoms with Crippen LogP contribution in [0.4, 0.5) is 4.39 Å². The Kier molecular flexibility index (Phi) is 6.46. The van der Waals surface area contributed by atoms with Crippen LogP contribution in [0, 0.1) is 11.2 Å². The van der Waals surface area contributed by atoms with Gasteiger partial charge in [-0.3, -0.25) is 4.79 Å². The predicted molar refractivity (Wildman–Crippen MR) is 124 cm³/mol. The van der Waals surface area contributed by atoms with Crippen molar-refractivity contribution in [2.24, 2.45) is 11.1 Å². The number of nitrogens with two attached hydrogens (primary N) is 1. The number of carbonyl (C=O) groups is 2. The van der Waals surface area contributed by atoms with Crippen LogP contribution in [0.1, 0.15) is 50.7 Å². The van der Waals surface area contributed by atoms with E-state index >= 15 is 0 Å². The second-order valence-corrected chi connectivity index (χ2v) is 9.26. The molecule has 0 saturated carbocycles. The third-order valence-electron chi connectivity index (χ3n) is 5.99. The van der Waals surface area contributed by atoms with Crippen LogP contribution in [0.15, 0.2) is 71.3 Å². The van der Waals surface area contributed by atoms with Crippen molar-refractivity contribution in [2.45, 2.75) is 46.1 Å². The van der Waals surface area contributed by atoms with Gasteiger partial charge in [-0.1, -0.05) is 44.2 Å². The number of benzene rings is 2. The minimum Gasteiger partial charge on any atom is -0.489 e. The molecule has 0 spiro atoms. The maximum Gasteiger partial charge on any atom is 0.340 e. The summed E-state index contributed by atoms with van der Waals surface area (Å²) in [6.07, 6.45) is 0.834. The highest BCUT2D eigenvalue weighted by Crippen LogP contribution is 2.49. The van der Waals surface area contributed by atoms with E-state index in [9.17, 15) is 14.0 Å². The van der Waals surface area contributed by atoms with Crippen molar-refractivity contribution in [3.8, 4) is 5.75 Å². The van der Waals surface area contributed by atoms with Gasteiger partial charge in [-0.05, 0) is 36.1 Å².